The van der Waals surface area contributed by atoms with Gasteiger partial charge in [0.1, 0.15) is 11.9 Å². The number of fused-ring (bicyclic) bond motifs is 2. The quantitative estimate of drug-likeness (QED) is 0.782. The van der Waals surface area contributed by atoms with Gasteiger partial charge >= 0.3 is 0 Å². The van der Waals surface area contributed by atoms with Gasteiger partial charge in [-0.05, 0) is 37.6 Å². The molecule has 29 heavy (non-hydrogen) atoms. The molecule has 1 aliphatic heterocycles. The van der Waals surface area contributed by atoms with E-state index in [1.54, 1.807) is 6.26 Å². The molecular formula is C23H31N3O3. The number of hydrogen-bond acceptors (Lipinski definition) is 5. The molecule has 5 unspecified atom stereocenters. The lowest BCUT2D eigenvalue weighted by Gasteiger charge is -2.46. The van der Waals surface area contributed by atoms with E-state index >= 15 is 0 Å². The average molecular weight is 398 g/mol. The van der Waals surface area contributed by atoms with Crippen molar-refractivity contribution in [3.63, 3.8) is 0 Å². The van der Waals surface area contributed by atoms with E-state index in [9.17, 15) is 9.90 Å². The molecule has 6 heteroatoms. The SMILES string of the molecule is CCC1CC2C(=O)C(c3nc4ccccc4[nH]3)=COC2C(CN(CC)CC)C1O. The summed E-state index contributed by atoms with van der Waals surface area (Å²) in [7, 11) is 0. The fourth-order valence-electron chi connectivity index (χ4n) is 4.95. The van der Waals surface area contributed by atoms with Crippen LogP contribution in [0.25, 0.3) is 16.6 Å². The number of aliphatic hydroxyl groups is 1. The smallest absolute Gasteiger partial charge is 0.176 e. The van der Waals surface area contributed by atoms with Crippen LogP contribution >= 0.6 is 0 Å². The Hall–Kier alpha value is -2.18. The molecule has 1 saturated carbocycles. The zero-order valence-electron chi connectivity index (χ0n) is 17.5. The largest absolute Gasteiger partial charge is 0.496 e. The van der Waals surface area contributed by atoms with Gasteiger partial charge in [-0.3, -0.25) is 4.79 Å². The van der Waals surface area contributed by atoms with Crippen LogP contribution < -0.4 is 0 Å². The van der Waals surface area contributed by atoms with E-state index < -0.39 is 6.10 Å². The third kappa shape index (κ3) is 3.60. The first-order valence-electron chi connectivity index (χ1n) is 10.8. The number of benzene rings is 1. The molecule has 156 valence electrons. The van der Waals surface area contributed by atoms with Crippen LogP contribution in [0.5, 0.6) is 0 Å². The van der Waals surface area contributed by atoms with Crippen LogP contribution in [0.15, 0.2) is 30.5 Å². The fourth-order valence-corrected chi connectivity index (χ4v) is 4.95. The molecule has 0 spiro atoms. The van der Waals surface area contributed by atoms with Gasteiger partial charge in [0.25, 0.3) is 0 Å². The summed E-state index contributed by atoms with van der Waals surface area (Å²) in [5, 5.41) is 11.0. The summed E-state index contributed by atoms with van der Waals surface area (Å²) in [6.45, 7) is 8.92. The number of hydrogen-bond donors (Lipinski definition) is 2. The molecule has 6 nitrogen and oxygen atoms in total. The van der Waals surface area contributed by atoms with Gasteiger partial charge < -0.3 is 19.7 Å². The van der Waals surface area contributed by atoms with Crippen molar-refractivity contribution in [2.45, 2.75) is 45.8 Å². The van der Waals surface area contributed by atoms with Gasteiger partial charge in [0.2, 0.25) is 0 Å². The molecule has 2 aromatic rings. The minimum Gasteiger partial charge on any atom is -0.496 e. The molecule has 0 radical (unpaired) electrons. The van der Waals surface area contributed by atoms with Gasteiger partial charge in [0, 0.05) is 12.5 Å². The summed E-state index contributed by atoms with van der Waals surface area (Å²) in [5.74, 6) is 0.442. The number of nitrogens with one attached hydrogen (secondary N) is 1. The number of carbonyl (C=O) groups excluding carboxylic acids is 1. The van der Waals surface area contributed by atoms with Crippen molar-refractivity contribution in [1.29, 1.82) is 0 Å². The Kier molecular flexibility index (Phi) is 5.74. The zero-order valence-corrected chi connectivity index (χ0v) is 17.5. The van der Waals surface area contributed by atoms with Crippen LogP contribution in [0.4, 0.5) is 0 Å². The number of imidazole rings is 1. The second-order valence-electron chi connectivity index (χ2n) is 8.25. The third-order valence-electron chi connectivity index (χ3n) is 6.77. The highest BCUT2D eigenvalue weighted by Crippen LogP contribution is 2.42. The van der Waals surface area contributed by atoms with Gasteiger partial charge in [-0.2, -0.15) is 0 Å². The number of Topliss-reactive ketones (excluding diaryl/α,β-unsaturated/α-hetero) is 1. The molecule has 0 amide bonds. The van der Waals surface area contributed by atoms with Gasteiger partial charge in [0.15, 0.2) is 5.78 Å². The number of rotatable bonds is 6. The van der Waals surface area contributed by atoms with Gasteiger partial charge in [-0.15, -0.1) is 0 Å². The van der Waals surface area contributed by atoms with Crippen molar-refractivity contribution in [1.82, 2.24) is 14.9 Å². The number of ketones is 1. The van der Waals surface area contributed by atoms with E-state index in [-0.39, 0.29) is 29.6 Å². The van der Waals surface area contributed by atoms with E-state index in [1.165, 1.54) is 0 Å². The topological polar surface area (TPSA) is 78.5 Å². The maximum atomic E-state index is 13.5. The monoisotopic (exact) mass is 397 g/mol. The Balaban J connectivity index is 1.65. The highest BCUT2D eigenvalue weighted by Gasteiger charge is 2.50. The summed E-state index contributed by atoms with van der Waals surface area (Å²) >= 11 is 0. The van der Waals surface area contributed by atoms with Crippen molar-refractivity contribution in [3.05, 3.63) is 36.4 Å². The summed E-state index contributed by atoms with van der Waals surface area (Å²) in [4.78, 5) is 23.6. The lowest BCUT2D eigenvalue weighted by molar-refractivity contribution is -0.140. The molecule has 1 aliphatic carbocycles. The number of aromatic amines is 1. The maximum absolute atomic E-state index is 13.5. The summed E-state index contributed by atoms with van der Waals surface area (Å²) in [6, 6.07) is 7.76. The molecule has 1 aromatic carbocycles. The van der Waals surface area contributed by atoms with Crippen LogP contribution in [0.2, 0.25) is 0 Å². The first-order chi connectivity index (χ1) is 14.1. The summed E-state index contributed by atoms with van der Waals surface area (Å²) < 4.78 is 6.15. The van der Waals surface area contributed by atoms with Crippen molar-refractivity contribution in [2.24, 2.45) is 17.8 Å². The van der Waals surface area contributed by atoms with Gasteiger partial charge in [-0.25, -0.2) is 4.98 Å². The van der Waals surface area contributed by atoms with Crippen LogP contribution in [-0.4, -0.2) is 57.6 Å². The predicted molar refractivity (Wildman–Crippen MR) is 113 cm³/mol. The zero-order chi connectivity index (χ0) is 20.5. The number of aliphatic hydroxyl groups excluding tert-OH is 1. The lowest BCUT2D eigenvalue weighted by Crippen LogP contribution is -2.55. The molecule has 0 saturated heterocycles. The normalized spacial score (nSPS) is 29.6. The van der Waals surface area contributed by atoms with Gasteiger partial charge in [0.05, 0.1) is 34.9 Å². The van der Waals surface area contributed by atoms with E-state index in [4.69, 9.17) is 4.74 Å². The molecular weight excluding hydrogens is 366 g/mol. The molecule has 2 aliphatic rings. The number of aromatic nitrogens is 2. The molecule has 4 rings (SSSR count). The van der Waals surface area contributed by atoms with E-state index in [0.29, 0.717) is 17.8 Å². The van der Waals surface area contributed by atoms with Crippen LogP contribution in [-0.2, 0) is 9.53 Å². The molecule has 1 fully saturated rings. The molecule has 5 atom stereocenters. The number of allylic oxidation sites excluding steroid dienone is 1. The Morgan fingerprint density at radius 2 is 2.00 bits per heavy atom. The second kappa shape index (κ2) is 8.28. The summed E-state index contributed by atoms with van der Waals surface area (Å²) in [6.07, 6.45) is 2.35. The standard InChI is InChI=1S/C23H31N3O3/c1-4-14-11-15-21(28)17(23-24-18-9-7-8-10-19(18)25-23)13-29-22(15)16(20(14)27)12-26(5-2)6-3/h7-10,13-16,20,22,27H,4-6,11-12H2,1-3H3,(H,24,25). The van der Waals surface area contributed by atoms with E-state index in [2.05, 4.69) is 35.6 Å². The number of H-pyrrole nitrogens is 1. The highest BCUT2D eigenvalue weighted by atomic mass is 16.5. The van der Waals surface area contributed by atoms with Crippen molar-refractivity contribution in [2.75, 3.05) is 19.6 Å². The van der Waals surface area contributed by atoms with Crippen LogP contribution in [0.3, 0.4) is 0 Å². The van der Waals surface area contributed by atoms with Crippen molar-refractivity contribution in [3.8, 4) is 0 Å². The van der Waals surface area contributed by atoms with E-state index in [1.807, 2.05) is 24.3 Å². The molecule has 2 heterocycles. The van der Waals surface area contributed by atoms with Crippen molar-refractivity contribution >= 4 is 22.4 Å². The predicted octanol–water partition coefficient (Wildman–Crippen LogP) is 3.24. The lowest BCUT2D eigenvalue weighted by atomic mass is 9.67. The minimum atomic E-state index is -0.448. The van der Waals surface area contributed by atoms with Crippen molar-refractivity contribution < 1.29 is 14.6 Å². The molecule has 2 N–H and O–H groups in total. The Labute approximate surface area is 172 Å². The first kappa shape index (κ1) is 20.1. The minimum absolute atomic E-state index is 0.0731. The Morgan fingerprint density at radius 1 is 1.24 bits per heavy atom. The number of para-hydroxylation sites is 2. The third-order valence-corrected chi connectivity index (χ3v) is 6.77. The molecule has 1 aromatic heterocycles. The average Bonchev–Trinajstić information content (AvgIpc) is 3.17. The van der Waals surface area contributed by atoms with Crippen LogP contribution in [0, 0.1) is 17.8 Å². The summed E-state index contributed by atoms with van der Waals surface area (Å²) in [5.41, 5.74) is 2.25. The maximum Gasteiger partial charge on any atom is 0.176 e. The second-order valence-corrected chi connectivity index (χ2v) is 8.25. The fraction of sp³-hybridized carbons (Fsp3) is 0.565. The molecule has 0 bridgehead atoms. The first-order valence-corrected chi connectivity index (χ1v) is 10.8. The number of ether oxygens (including phenoxy) is 1. The highest BCUT2D eigenvalue weighted by molar-refractivity contribution is 6.21. The van der Waals surface area contributed by atoms with Gasteiger partial charge in [-0.1, -0.05) is 39.3 Å². The van der Waals surface area contributed by atoms with Crippen LogP contribution in [0.1, 0.15) is 39.4 Å². The number of nitrogens with zero attached hydrogens (tertiary/aromatic N) is 2. The Bertz CT molecular complexity index is 869. The Morgan fingerprint density at radius 3 is 2.69 bits per heavy atom. The number of carbonyl (C=O) groups is 1. The van der Waals surface area contributed by atoms with E-state index in [0.717, 1.165) is 37.1 Å².